The quantitative estimate of drug-likeness (QED) is 0.200. The van der Waals surface area contributed by atoms with Crippen LogP contribution in [-0.4, -0.2) is 49.2 Å². The fourth-order valence-electron chi connectivity index (χ4n) is 5.95. The lowest BCUT2D eigenvalue weighted by Crippen LogP contribution is -2.42. The van der Waals surface area contributed by atoms with Gasteiger partial charge < -0.3 is 9.50 Å². The van der Waals surface area contributed by atoms with Gasteiger partial charge in [0.1, 0.15) is 6.26 Å². The van der Waals surface area contributed by atoms with E-state index < -0.39 is 15.5 Å². The van der Waals surface area contributed by atoms with E-state index in [1.165, 1.54) is 44.6 Å². The summed E-state index contributed by atoms with van der Waals surface area (Å²) in [6.07, 6.45) is 22.2. The molecule has 1 N–H and O–H groups in total. The van der Waals surface area contributed by atoms with Gasteiger partial charge in [-0.15, -0.1) is 0 Å². The van der Waals surface area contributed by atoms with E-state index >= 15 is 0 Å². The van der Waals surface area contributed by atoms with Crippen LogP contribution in [0.4, 0.5) is 4.39 Å². The Morgan fingerprint density at radius 3 is 2.73 bits per heavy atom. The zero-order chi connectivity index (χ0) is 27.9. The Labute approximate surface area is 238 Å². The summed E-state index contributed by atoms with van der Waals surface area (Å²) in [5.74, 6) is -0.129. The van der Waals surface area contributed by atoms with Gasteiger partial charge >= 0.3 is 0 Å². The number of pyridine rings is 1. The first-order valence-corrected chi connectivity index (χ1v) is 17.1. The first-order chi connectivity index (χ1) is 19.4. The fourth-order valence-corrected chi connectivity index (χ4v) is 8.22. The van der Waals surface area contributed by atoms with Crippen molar-refractivity contribution in [1.82, 2.24) is 19.2 Å². The molecule has 0 saturated heterocycles. The molecule has 1 aliphatic carbocycles. The summed E-state index contributed by atoms with van der Waals surface area (Å²) in [5.41, 5.74) is 2.52. The number of fused-ring (bicyclic) bond motifs is 1. The molecule has 0 bridgehead atoms. The number of rotatable bonds is 12. The van der Waals surface area contributed by atoms with Gasteiger partial charge in [-0.05, 0) is 62.5 Å². The minimum absolute atomic E-state index is 0.293. The number of halogens is 1. The van der Waals surface area contributed by atoms with E-state index in [-0.39, 0.29) is 0 Å². The van der Waals surface area contributed by atoms with Gasteiger partial charge in [0.25, 0.3) is 0 Å². The molecule has 2 aromatic heterocycles. The fraction of sp³-hybridized carbons (Fsp3) is 0.469. The lowest BCUT2D eigenvalue weighted by molar-refractivity contribution is 0.246. The van der Waals surface area contributed by atoms with E-state index in [9.17, 15) is 8.60 Å². The maximum atomic E-state index is 14.6. The molecule has 3 aromatic rings. The first kappa shape index (κ1) is 28.7. The topological polar surface area (TPSA) is 59.4 Å². The number of aromatic nitrogens is 2. The average Bonchev–Trinajstić information content (AvgIpc) is 3.23. The summed E-state index contributed by atoms with van der Waals surface area (Å²) < 4.78 is 36.8. The molecule has 3 heterocycles. The Morgan fingerprint density at radius 2 is 1.88 bits per heavy atom. The van der Waals surface area contributed by atoms with Crippen molar-refractivity contribution in [3.63, 3.8) is 0 Å². The maximum absolute atomic E-state index is 14.6. The van der Waals surface area contributed by atoms with Crippen LogP contribution in [-0.2, 0) is 26.8 Å². The van der Waals surface area contributed by atoms with Crippen LogP contribution in [0, 0.1) is 5.95 Å². The van der Waals surface area contributed by atoms with Crippen LogP contribution in [0.5, 0.6) is 0 Å². The minimum Gasteiger partial charge on any atom is -0.387 e. The molecular formula is C32H43FN4O2S. The van der Waals surface area contributed by atoms with Crippen molar-refractivity contribution in [3.8, 4) is 0 Å². The summed E-state index contributed by atoms with van der Waals surface area (Å²) in [6.45, 7) is 2.97. The zero-order valence-electron chi connectivity index (χ0n) is 23.6. The highest BCUT2D eigenvalue weighted by Gasteiger charge is 2.30. The molecule has 0 amide bonds. The Kier molecular flexibility index (Phi) is 9.18. The van der Waals surface area contributed by atoms with Crippen LogP contribution in [0.1, 0.15) is 62.5 Å². The number of nitrogens with zero attached hydrogens (tertiary/aromatic N) is 3. The van der Waals surface area contributed by atoms with Crippen LogP contribution in [0.25, 0.3) is 10.9 Å². The van der Waals surface area contributed by atoms with Gasteiger partial charge in [-0.3, -0.25) is 4.90 Å². The maximum Gasteiger partial charge on any atom is 0.217 e. The van der Waals surface area contributed by atoms with E-state index in [4.69, 9.17) is 4.18 Å². The van der Waals surface area contributed by atoms with E-state index in [1.54, 1.807) is 18.4 Å². The molecule has 1 saturated carbocycles. The van der Waals surface area contributed by atoms with Gasteiger partial charge in [0.15, 0.2) is 0 Å². The molecule has 0 atom stereocenters. The Balaban J connectivity index is 1.32. The molecule has 1 aromatic carbocycles. The molecule has 2 aliphatic rings. The van der Waals surface area contributed by atoms with Gasteiger partial charge in [-0.2, -0.15) is 8.60 Å². The van der Waals surface area contributed by atoms with E-state index in [2.05, 4.69) is 21.3 Å². The van der Waals surface area contributed by atoms with Gasteiger partial charge in [-0.1, -0.05) is 71.6 Å². The molecule has 0 spiro atoms. The van der Waals surface area contributed by atoms with Crippen molar-refractivity contribution < 1.29 is 12.8 Å². The van der Waals surface area contributed by atoms with Crippen molar-refractivity contribution in [3.05, 3.63) is 90.4 Å². The van der Waals surface area contributed by atoms with Crippen molar-refractivity contribution >= 4 is 20.4 Å². The number of allylic oxidation sites excluding steroid dienone is 2. The van der Waals surface area contributed by atoms with Gasteiger partial charge in [0, 0.05) is 42.5 Å². The third kappa shape index (κ3) is 6.90. The second-order valence-electron chi connectivity index (χ2n) is 11.4. The van der Waals surface area contributed by atoms with Crippen molar-refractivity contribution in [2.45, 2.75) is 70.5 Å². The predicted octanol–water partition coefficient (Wildman–Crippen LogP) is 6.50. The second kappa shape index (κ2) is 12.8. The molecule has 40 heavy (non-hydrogen) atoms. The van der Waals surface area contributed by atoms with Crippen LogP contribution >= 0.6 is 0 Å². The van der Waals surface area contributed by atoms with Gasteiger partial charge in [-0.25, -0.2) is 8.96 Å². The smallest absolute Gasteiger partial charge is 0.217 e. The van der Waals surface area contributed by atoms with Crippen LogP contribution < -0.4 is 5.32 Å². The molecule has 0 unspecified atom stereocenters. The normalized spacial score (nSPS) is 19.7. The molecule has 1 aliphatic heterocycles. The standard InChI is InChI=1S/C32H43FN4O2S/c1-40(38,23-12-4-11-22-39-40)37-26-28(30-17-7-8-18-31(30)37)25-36(24-27-14-13-20-35-32(27)33)21-10-3-9-19-34-29-15-5-2-6-16-29/h4,7-8,11-14,17-18,20,22,26,29,34H,2-3,5-6,9-10,15-16,19,21,23-25H2,1H3. The SMILES string of the molecule is CS1(=O)(n2cc(CN(CCCCCNC3CCCCC3)Cc3cccnc3F)c3ccccc32)CC=CC=CO1. The average molecular weight is 567 g/mol. The second-order valence-corrected chi connectivity index (χ2v) is 15.1. The summed E-state index contributed by atoms with van der Waals surface area (Å²) in [5, 5.41) is 4.77. The van der Waals surface area contributed by atoms with E-state index in [0.717, 1.165) is 48.8 Å². The molecule has 0 radical (unpaired) electrons. The highest BCUT2D eigenvalue weighted by atomic mass is 32.3. The highest BCUT2D eigenvalue weighted by Crippen LogP contribution is 2.35. The Hall–Kier alpha value is -2.81. The third-order valence-electron chi connectivity index (χ3n) is 8.17. The van der Waals surface area contributed by atoms with E-state index in [1.807, 2.05) is 46.6 Å². The number of benzene rings is 1. The summed E-state index contributed by atoms with van der Waals surface area (Å²) in [4.78, 5) is 6.16. The summed E-state index contributed by atoms with van der Waals surface area (Å²) in [7, 11) is -3.69. The lowest BCUT2D eigenvalue weighted by atomic mass is 9.95. The zero-order valence-corrected chi connectivity index (χ0v) is 24.5. The highest BCUT2D eigenvalue weighted by molar-refractivity contribution is 8.14. The number of para-hydroxylation sites is 1. The molecule has 8 heteroatoms. The predicted molar refractivity (Wildman–Crippen MR) is 163 cm³/mol. The van der Waals surface area contributed by atoms with Crippen molar-refractivity contribution in [1.29, 1.82) is 0 Å². The van der Waals surface area contributed by atoms with Crippen LogP contribution in [0.15, 0.2) is 73.3 Å². The van der Waals surface area contributed by atoms with Gasteiger partial charge in [0.2, 0.25) is 5.95 Å². The molecule has 216 valence electrons. The molecular weight excluding hydrogens is 523 g/mol. The van der Waals surface area contributed by atoms with E-state index in [0.29, 0.717) is 30.4 Å². The van der Waals surface area contributed by atoms with Crippen LogP contribution in [0.3, 0.4) is 0 Å². The van der Waals surface area contributed by atoms with Gasteiger partial charge in [0.05, 0.1) is 17.5 Å². The third-order valence-corrected chi connectivity index (χ3v) is 11.0. The Morgan fingerprint density at radius 1 is 1.05 bits per heavy atom. The molecule has 1 fully saturated rings. The number of hydrogen-bond acceptors (Lipinski definition) is 5. The number of nitrogens with one attached hydrogen (secondary N) is 1. The van der Waals surface area contributed by atoms with Crippen molar-refractivity contribution in [2.24, 2.45) is 0 Å². The molecule has 5 rings (SSSR count). The Bertz CT molecular complexity index is 1390. The lowest BCUT2D eigenvalue weighted by Gasteiger charge is -2.44. The minimum atomic E-state index is -3.69. The first-order valence-electron chi connectivity index (χ1n) is 14.7. The molecule has 6 nitrogen and oxygen atoms in total. The summed E-state index contributed by atoms with van der Waals surface area (Å²) >= 11 is 0. The summed E-state index contributed by atoms with van der Waals surface area (Å²) in [6, 6.07) is 12.3. The monoisotopic (exact) mass is 566 g/mol. The van der Waals surface area contributed by atoms with Crippen LogP contribution in [0.2, 0.25) is 0 Å². The number of unbranched alkanes of at least 4 members (excludes halogenated alkanes) is 2. The van der Waals surface area contributed by atoms with Crippen molar-refractivity contribution in [2.75, 3.05) is 25.1 Å². The largest absolute Gasteiger partial charge is 0.387 e. The number of hydrogen-bond donors (Lipinski definition) is 1.